The monoisotopic (exact) mass is 688 g/mol. The predicted octanol–water partition coefficient (Wildman–Crippen LogP) is 7.96. The number of nitrogens with one attached hydrogen (secondary N) is 2. The maximum Gasteiger partial charge on any atom is 0.411 e. The second kappa shape index (κ2) is 18.2. The molecule has 5 rings (SSSR count). The van der Waals surface area contributed by atoms with Crippen molar-refractivity contribution in [2.75, 3.05) is 43.7 Å². The minimum Gasteiger partial charge on any atom is -0.487 e. The van der Waals surface area contributed by atoms with Crippen LogP contribution in [0.5, 0.6) is 5.75 Å². The van der Waals surface area contributed by atoms with Gasteiger partial charge in [-0.05, 0) is 70.6 Å². The highest BCUT2D eigenvalue weighted by Crippen LogP contribution is 2.34. The van der Waals surface area contributed by atoms with E-state index in [1.807, 2.05) is 115 Å². The molecular weight excluding hydrogens is 644 g/mol. The quantitative estimate of drug-likeness (QED) is 0.0814. The molecule has 10 heteroatoms. The Morgan fingerprint density at radius 3 is 1.71 bits per heavy atom. The first-order valence-corrected chi connectivity index (χ1v) is 16.7. The Hall–Kier alpha value is -5.84. The summed E-state index contributed by atoms with van der Waals surface area (Å²) >= 11 is 0. The zero-order valence-corrected chi connectivity index (χ0v) is 28.8. The molecule has 5 aromatic carbocycles. The van der Waals surface area contributed by atoms with Crippen LogP contribution in [-0.4, -0.2) is 49.6 Å². The molecule has 0 spiro atoms. The molecule has 0 saturated carbocycles. The first kappa shape index (κ1) is 36.4. The zero-order valence-electron chi connectivity index (χ0n) is 28.8. The summed E-state index contributed by atoms with van der Waals surface area (Å²) in [5, 5.41) is 16.3. The molecule has 1 atom stereocenters. The van der Waals surface area contributed by atoms with Crippen LogP contribution in [0.4, 0.5) is 26.7 Å². The van der Waals surface area contributed by atoms with Crippen LogP contribution in [0.15, 0.2) is 127 Å². The molecule has 0 radical (unpaired) electrons. The molecule has 264 valence electrons. The number of carbonyl (C=O) groups is 2. The van der Waals surface area contributed by atoms with Gasteiger partial charge in [0.05, 0.1) is 32.6 Å². The molecule has 0 saturated heterocycles. The highest BCUT2D eigenvalue weighted by atomic mass is 16.5. The lowest BCUT2D eigenvalue weighted by Crippen LogP contribution is -2.32. The summed E-state index contributed by atoms with van der Waals surface area (Å²) in [4.78, 5) is 25.9. The number of amides is 2. The Morgan fingerprint density at radius 2 is 1.22 bits per heavy atom. The Kier molecular flexibility index (Phi) is 13.0. The lowest BCUT2D eigenvalue weighted by molar-refractivity contribution is 0.114. The summed E-state index contributed by atoms with van der Waals surface area (Å²) in [7, 11) is 2.64. The minimum absolute atomic E-state index is 0.0687. The minimum atomic E-state index is -0.545. The van der Waals surface area contributed by atoms with Gasteiger partial charge in [0, 0.05) is 30.4 Å². The molecule has 51 heavy (non-hydrogen) atoms. The molecule has 5 N–H and O–H groups in total. The summed E-state index contributed by atoms with van der Waals surface area (Å²) in [6.45, 7) is 1.48. The predicted molar refractivity (Wildman–Crippen MR) is 200 cm³/mol. The third-order valence-electron chi connectivity index (χ3n) is 8.69. The van der Waals surface area contributed by atoms with E-state index in [1.54, 1.807) is 0 Å². The Morgan fingerprint density at radius 1 is 0.706 bits per heavy atom. The number of carbonyl (C=O) groups excluding carboxylic acids is 2. The van der Waals surface area contributed by atoms with Crippen molar-refractivity contribution in [1.82, 2.24) is 4.90 Å². The SMILES string of the molecule is COC(=O)Nc1ccc(C(CCN(Cc2ccccc2)[C@@H](CO)c2ccc(OCc3ccccc3)c(N)c2)c2ccc(NC(=O)OC)cc2)cc1. The number of benzene rings is 5. The Balaban J connectivity index is 1.42. The second-order valence-electron chi connectivity index (χ2n) is 12.0. The highest BCUT2D eigenvalue weighted by molar-refractivity contribution is 5.85. The van der Waals surface area contributed by atoms with E-state index in [1.165, 1.54) is 14.2 Å². The summed E-state index contributed by atoms with van der Waals surface area (Å²) in [6.07, 6.45) is -0.406. The van der Waals surface area contributed by atoms with Crippen LogP contribution in [0.1, 0.15) is 46.2 Å². The Bertz CT molecular complexity index is 1780. The van der Waals surface area contributed by atoms with Gasteiger partial charge < -0.3 is 25.1 Å². The van der Waals surface area contributed by atoms with E-state index in [9.17, 15) is 14.7 Å². The zero-order chi connectivity index (χ0) is 36.0. The number of nitrogens with two attached hydrogens (primary N) is 1. The first-order chi connectivity index (χ1) is 24.9. The van der Waals surface area contributed by atoms with Crippen LogP contribution in [0.25, 0.3) is 0 Å². The number of hydrogen-bond acceptors (Lipinski definition) is 8. The number of anilines is 3. The van der Waals surface area contributed by atoms with Gasteiger partial charge >= 0.3 is 12.2 Å². The number of nitrogens with zero attached hydrogens (tertiary/aromatic N) is 1. The van der Waals surface area contributed by atoms with E-state index in [4.69, 9.17) is 19.9 Å². The van der Waals surface area contributed by atoms with Crippen LogP contribution in [0, 0.1) is 0 Å². The number of nitrogen functional groups attached to an aromatic ring is 1. The van der Waals surface area contributed by atoms with E-state index in [-0.39, 0.29) is 18.6 Å². The normalized spacial score (nSPS) is 11.5. The summed E-state index contributed by atoms with van der Waals surface area (Å²) < 4.78 is 15.5. The van der Waals surface area contributed by atoms with Crippen molar-refractivity contribution in [2.24, 2.45) is 0 Å². The van der Waals surface area contributed by atoms with Gasteiger partial charge in [-0.3, -0.25) is 15.5 Å². The van der Waals surface area contributed by atoms with Gasteiger partial charge in [0.1, 0.15) is 12.4 Å². The smallest absolute Gasteiger partial charge is 0.411 e. The Labute approximate surface area is 298 Å². The summed E-state index contributed by atoms with van der Waals surface area (Å²) in [5.74, 6) is 0.519. The largest absolute Gasteiger partial charge is 0.487 e. The molecule has 0 aliphatic rings. The molecule has 0 heterocycles. The maximum atomic E-state index is 11.8. The molecule has 5 aromatic rings. The molecule has 10 nitrogen and oxygen atoms in total. The molecular formula is C41H44N4O6. The topological polar surface area (TPSA) is 135 Å². The van der Waals surface area contributed by atoms with Crippen LogP contribution in [0.2, 0.25) is 0 Å². The number of methoxy groups -OCH3 is 2. The van der Waals surface area contributed by atoms with Crippen molar-refractivity contribution >= 4 is 29.2 Å². The van der Waals surface area contributed by atoms with Gasteiger partial charge in [0.25, 0.3) is 0 Å². The van der Waals surface area contributed by atoms with E-state index < -0.39 is 12.2 Å². The third-order valence-corrected chi connectivity index (χ3v) is 8.69. The second-order valence-corrected chi connectivity index (χ2v) is 12.0. The third kappa shape index (κ3) is 10.3. The molecule has 0 unspecified atom stereocenters. The van der Waals surface area contributed by atoms with Gasteiger partial charge in [-0.15, -0.1) is 0 Å². The molecule has 2 amide bonds. The first-order valence-electron chi connectivity index (χ1n) is 16.7. The number of aliphatic hydroxyl groups excluding tert-OH is 1. The van der Waals surface area contributed by atoms with Gasteiger partial charge in [0.2, 0.25) is 0 Å². The highest BCUT2D eigenvalue weighted by Gasteiger charge is 2.24. The van der Waals surface area contributed by atoms with E-state index in [0.29, 0.717) is 48.9 Å². The van der Waals surface area contributed by atoms with Crippen LogP contribution in [-0.2, 0) is 22.6 Å². The van der Waals surface area contributed by atoms with Crippen LogP contribution >= 0.6 is 0 Å². The van der Waals surface area contributed by atoms with E-state index in [0.717, 1.165) is 27.8 Å². The standard InChI is InChI=1S/C41H44N4O6/c1-49-40(47)43-34-18-13-31(14-19-34)36(32-15-20-35(21-16-32)44-41(48)50-2)23-24-45(26-29-9-5-3-6-10-29)38(27-46)33-17-22-39(37(42)25-33)51-28-30-11-7-4-8-12-30/h3-22,25,36,38,46H,23-24,26-28,42H2,1-2H3,(H,43,47)(H,44,48)/t38-/m0/s1. The molecule has 0 aliphatic heterocycles. The number of aliphatic hydroxyl groups is 1. The summed E-state index contributed by atoms with van der Waals surface area (Å²) in [6, 6.07) is 40.7. The molecule has 0 fully saturated rings. The van der Waals surface area contributed by atoms with Gasteiger partial charge in [-0.25, -0.2) is 9.59 Å². The molecule has 0 bridgehead atoms. The van der Waals surface area contributed by atoms with Crippen LogP contribution in [0.3, 0.4) is 0 Å². The number of hydrogen-bond donors (Lipinski definition) is 4. The van der Waals surface area contributed by atoms with E-state index >= 15 is 0 Å². The van der Waals surface area contributed by atoms with Gasteiger partial charge in [-0.1, -0.05) is 91.0 Å². The average Bonchev–Trinajstić information content (AvgIpc) is 3.16. The van der Waals surface area contributed by atoms with Crippen LogP contribution < -0.4 is 21.1 Å². The number of rotatable bonds is 15. The fourth-order valence-corrected chi connectivity index (χ4v) is 5.99. The summed E-state index contributed by atoms with van der Waals surface area (Å²) in [5.41, 5.74) is 13.3. The number of ether oxygens (including phenoxy) is 3. The van der Waals surface area contributed by atoms with Gasteiger partial charge in [0.15, 0.2) is 0 Å². The van der Waals surface area contributed by atoms with Crippen molar-refractivity contribution in [3.8, 4) is 5.75 Å². The fraction of sp³-hybridized carbons (Fsp3) is 0.220. The molecule has 0 aromatic heterocycles. The lowest BCUT2D eigenvalue weighted by atomic mass is 9.87. The fourth-order valence-electron chi connectivity index (χ4n) is 5.99. The maximum absolute atomic E-state index is 11.8. The van der Waals surface area contributed by atoms with Gasteiger partial charge in [-0.2, -0.15) is 0 Å². The average molecular weight is 689 g/mol. The van der Waals surface area contributed by atoms with Crippen molar-refractivity contribution in [1.29, 1.82) is 0 Å². The van der Waals surface area contributed by atoms with Crippen molar-refractivity contribution in [2.45, 2.75) is 31.5 Å². The van der Waals surface area contributed by atoms with E-state index in [2.05, 4.69) is 27.7 Å². The van der Waals surface area contributed by atoms with Crippen molar-refractivity contribution < 1.29 is 28.9 Å². The lowest BCUT2D eigenvalue weighted by Gasteiger charge is -2.33. The van der Waals surface area contributed by atoms with Crippen molar-refractivity contribution in [3.63, 3.8) is 0 Å². The molecule has 0 aliphatic carbocycles. The van der Waals surface area contributed by atoms with Crippen molar-refractivity contribution in [3.05, 3.63) is 155 Å².